The van der Waals surface area contributed by atoms with Crippen molar-refractivity contribution in [1.82, 2.24) is 9.97 Å². The quantitative estimate of drug-likeness (QED) is 0.848. The second-order valence-corrected chi connectivity index (χ2v) is 5.20. The number of hydrogen-bond donors (Lipinski definition) is 2. The van der Waals surface area contributed by atoms with Gasteiger partial charge in [-0.05, 0) is 17.9 Å². The van der Waals surface area contributed by atoms with Crippen LogP contribution in [-0.2, 0) is 6.42 Å². The van der Waals surface area contributed by atoms with Crippen molar-refractivity contribution in [2.75, 3.05) is 11.9 Å². The van der Waals surface area contributed by atoms with Gasteiger partial charge in [0.25, 0.3) is 0 Å². The van der Waals surface area contributed by atoms with Gasteiger partial charge in [-0.3, -0.25) is 0 Å². The summed E-state index contributed by atoms with van der Waals surface area (Å²) in [6.07, 6.45) is 2.33. The summed E-state index contributed by atoms with van der Waals surface area (Å²) in [5.74, 6) is 1.12. The van der Waals surface area contributed by atoms with Crippen molar-refractivity contribution in [3.63, 3.8) is 0 Å². The van der Waals surface area contributed by atoms with E-state index in [-0.39, 0.29) is 12.6 Å². The number of benzene rings is 1. The Hall–Kier alpha value is -1.94. The van der Waals surface area contributed by atoms with Crippen molar-refractivity contribution < 1.29 is 5.11 Å². The van der Waals surface area contributed by atoms with Crippen LogP contribution in [0.2, 0.25) is 0 Å². The van der Waals surface area contributed by atoms with E-state index in [4.69, 9.17) is 0 Å². The molecule has 0 radical (unpaired) electrons. The monoisotopic (exact) mass is 271 g/mol. The van der Waals surface area contributed by atoms with Crippen molar-refractivity contribution in [2.24, 2.45) is 0 Å². The third-order valence-electron chi connectivity index (χ3n) is 3.18. The molecule has 106 valence electrons. The zero-order valence-electron chi connectivity index (χ0n) is 12.0. The maximum absolute atomic E-state index is 9.52. The summed E-state index contributed by atoms with van der Waals surface area (Å²) in [4.78, 5) is 8.46. The first-order valence-corrected chi connectivity index (χ1v) is 6.92. The first-order valence-electron chi connectivity index (χ1n) is 6.92. The van der Waals surface area contributed by atoms with Crippen LogP contribution in [0.5, 0.6) is 0 Å². The summed E-state index contributed by atoms with van der Waals surface area (Å²) < 4.78 is 0. The Kier molecular flexibility index (Phi) is 5.07. The fourth-order valence-electron chi connectivity index (χ4n) is 2.04. The smallest absolute Gasteiger partial charge is 0.129 e. The molecule has 0 aliphatic rings. The fraction of sp³-hybridized carbons (Fsp3) is 0.375. The van der Waals surface area contributed by atoms with Gasteiger partial charge in [0.2, 0.25) is 0 Å². The van der Waals surface area contributed by atoms with E-state index in [1.54, 1.807) is 6.33 Å². The average molecular weight is 271 g/mol. The molecule has 0 aliphatic carbocycles. The average Bonchev–Trinajstić information content (AvgIpc) is 2.48. The zero-order chi connectivity index (χ0) is 14.4. The lowest BCUT2D eigenvalue weighted by Crippen LogP contribution is -2.27. The highest BCUT2D eigenvalue weighted by Gasteiger charge is 2.10. The fourth-order valence-corrected chi connectivity index (χ4v) is 2.04. The first kappa shape index (κ1) is 14.5. The molecule has 1 unspecified atom stereocenters. The number of aliphatic hydroxyl groups is 1. The van der Waals surface area contributed by atoms with Crippen LogP contribution in [0, 0.1) is 0 Å². The second kappa shape index (κ2) is 7.01. The minimum absolute atomic E-state index is 0.0488. The Morgan fingerprint density at radius 2 is 1.90 bits per heavy atom. The zero-order valence-corrected chi connectivity index (χ0v) is 12.0. The molecule has 20 heavy (non-hydrogen) atoms. The van der Waals surface area contributed by atoms with E-state index in [2.05, 4.69) is 41.3 Å². The Balaban J connectivity index is 2.04. The number of anilines is 1. The molecule has 0 fully saturated rings. The predicted octanol–water partition coefficient (Wildman–Crippen LogP) is 2.62. The van der Waals surface area contributed by atoms with Gasteiger partial charge in [-0.2, -0.15) is 0 Å². The minimum Gasteiger partial charge on any atom is -0.394 e. The first-order chi connectivity index (χ1) is 9.69. The molecule has 4 nitrogen and oxygen atoms in total. The van der Waals surface area contributed by atoms with E-state index in [0.29, 0.717) is 5.92 Å². The lowest BCUT2D eigenvalue weighted by Gasteiger charge is -2.17. The molecule has 0 saturated carbocycles. The van der Waals surface area contributed by atoms with Crippen LogP contribution >= 0.6 is 0 Å². The predicted molar refractivity (Wildman–Crippen MR) is 80.8 cm³/mol. The third kappa shape index (κ3) is 4.03. The van der Waals surface area contributed by atoms with Gasteiger partial charge in [0.15, 0.2) is 0 Å². The topological polar surface area (TPSA) is 58.0 Å². The molecular formula is C16H21N3O. The molecule has 2 aromatic rings. The Bertz CT molecular complexity index is 528. The maximum atomic E-state index is 9.52. The van der Waals surface area contributed by atoms with Crippen molar-refractivity contribution in [3.05, 3.63) is 54.0 Å². The standard InChI is InChI=1S/C16H21N3O/c1-12(2)15-9-16(18-11-17-15)19-14(10-20)8-13-6-4-3-5-7-13/h3-7,9,11-12,14,20H,8,10H2,1-2H3,(H,17,18,19). The van der Waals surface area contributed by atoms with Crippen molar-refractivity contribution in [2.45, 2.75) is 32.2 Å². The van der Waals surface area contributed by atoms with Crippen LogP contribution in [-0.4, -0.2) is 27.7 Å². The van der Waals surface area contributed by atoms with Crippen LogP contribution in [0.25, 0.3) is 0 Å². The van der Waals surface area contributed by atoms with Crippen LogP contribution < -0.4 is 5.32 Å². The van der Waals surface area contributed by atoms with Gasteiger partial charge in [-0.25, -0.2) is 9.97 Å². The molecule has 0 bridgehead atoms. The van der Waals surface area contributed by atoms with E-state index < -0.39 is 0 Å². The second-order valence-electron chi connectivity index (χ2n) is 5.20. The maximum Gasteiger partial charge on any atom is 0.129 e. The van der Waals surface area contributed by atoms with Gasteiger partial charge in [-0.15, -0.1) is 0 Å². The lowest BCUT2D eigenvalue weighted by atomic mass is 10.1. The van der Waals surface area contributed by atoms with Crippen LogP contribution in [0.15, 0.2) is 42.7 Å². The molecular weight excluding hydrogens is 250 g/mol. The van der Waals surface area contributed by atoms with Crippen LogP contribution in [0.4, 0.5) is 5.82 Å². The van der Waals surface area contributed by atoms with Gasteiger partial charge in [-0.1, -0.05) is 44.2 Å². The molecule has 0 aliphatic heterocycles. The van der Waals surface area contributed by atoms with E-state index in [0.717, 1.165) is 17.9 Å². The largest absolute Gasteiger partial charge is 0.394 e. The van der Waals surface area contributed by atoms with E-state index in [9.17, 15) is 5.11 Å². The van der Waals surface area contributed by atoms with Gasteiger partial charge in [0.05, 0.1) is 12.6 Å². The Morgan fingerprint density at radius 1 is 1.15 bits per heavy atom. The SMILES string of the molecule is CC(C)c1cc(NC(CO)Cc2ccccc2)ncn1. The van der Waals surface area contributed by atoms with Crippen molar-refractivity contribution in [3.8, 4) is 0 Å². The molecule has 0 spiro atoms. The van der Waals surface area contributed by atoms with Crippen LogP contribution in [0.3, 0.4) is 0 Å². The van der Waals surface area contributed by atoms with Gasteiger partial charge >= 0.3 is 0 Å². The normalized spacial score (nSPS) is 12.4. The summed E-state index contributed by atoms with van der Waals surface area (Å²) in [6.45, 7) is 4.26. The number of aromatic nitrogens is 2. The molecule has 1 aromatic carbocycles. The lowest BCUT2D eigenvalue weighted by molar-refractivity contribution is 0.273. The van der Waals surface area contributed by atoms with E-state index in [1.807, 2.05) is 24.3 Å². The summed E-state index contributed by atoms with van der Waals surface area (Å²) >= 11 is 0. The number of rotatable bonds is 6. The molecule has 0 saturated heterocycles. The minimum atomic E-state index is -0.0488. The van der Waals surface area contributed by atoms with Gasteiger partial charge in [0.1, 0.15) is 12.1 Å². The number of nitrogens with one attached hydrogen (secondary N) is 1. The van der Waals surface area contributed by atoms with Crippen molar-refractivity contribution in [1.29, 1.82) is 0 Å². The summed E-state index contributed by atoms with van der Waals surface area (Å²) in [5, 5.41) is 12.8. The number of nitrogens with zero attached hydrogens (tertiary/aromatic N) is 2. The molecule has 1 atom stereocenters. The highest BCUT2D eigenvalue weighted by atomic mass is 16.3. The highest BCUT2D eigenvalue weighted by Crippen LogP contribution is 2.15. The van der Waals surface area contributed by atoms with Crippen molar-refractivity contribution >= 4 is 5.82 Å². The number of aliphatic hydroxyl groups excluding tert-OH is 1. The van der Waals surface area contributed by atoms with Gasteiger partial charge < -0.3 is 10.4 Å². The summed E-state index contributed by atoms with van der Waals surface area (Å²) in [6, 6.07) is 12.0. The molecule has 1 heterocycles. The highest BCUT2D eigenvalue weighted by molar-refractivity contribution is 5.37. The number of hydrogen-bond acceptors (Lipinski definition) is 4. The van der Waals surface area contributed by atoms with Gasteiger partial charge in [0, 0.05) is 11.8 Å². The Morgan fingerprint density at radius 3 is 2.55 bits per heavy atom. The molecule has 4 heteroatoms. The van der Waals surface area contributed by atoms with E-state index in [1.165, 1.54) is 5.56 Å². The molecule has 2 N–H and O–H groups in total. The molecule has 2 rings (SSSR count). The summed E-state index contributed by atoms with van der Waals surface area (Å²) in [7, 11) is 0. The Labute approximate surface area is 119 Å². The van der Waals surface area contributed by atoms with E-state index >= 15 is 0 Å². The summed E-state index contributed by atoms with van der Waals surface area (Å²) in [5.41, 5.74) is 2.19. The van der Waals surface area contributed by atoms with Crippen LogP contribution in [0.1, 0.15) is 31.0 Å². The molecule has 1 aromatic heterocycles. The third-order valence-corrected chi connectivity index (χ3v) is 3.18. The molecule has 0 amide bonds.